The second kappa shape index (κ2) is 9.91. The lowest BCUT2D eigenvalue weighted by atomic mass is 10.0. The summed E-state index contributed by atoms with van der Waals surface area (Å²) in [4.78, 5) is 13.4. The quantitative estimate of drug-likeness (QED) is 0.717. The van der Waals surface area contributed by atoms with E-state index in [1.807, 2.05) is 6.92 Å². The number of carbonyl (C=O) groups is 1. The fourth-order valence-electron chi connectivity index (χ4n) is 3.76. The Hall–Kier alpha value is -2.93. The summed E-state index contributed by atoms with van der Waals surface area (Å²) in [6.07, 6.45) is -0.460. The highest BCUT2D eigenvalue weighted by molar-refractivity contribution is 7.89. The van der Waals surface area contributed by atoms with Crippen LogP contribution in [0.25, 0.3) is 11.1 Å². The van der Waals surface area contributed by atoms with Crippen LogP contribution in [0.15, 0.2) is 47.4 Å². The molecular formula is C24H29N3O5S. The molecule has 9 heteroatoms. The van der Waals surface area contributed by atoms with Crippen molar-refractivity contribution in [3.05, 3.63) is 48.0 Å². The summed E-state index contributed by atoms with van der Waals surface area (Å²) in [6, 6.07) is 13.3. The average molecular weight is 472 g/mol. The Labute approximate surface area is 195 Å². The molecule has 0 unspecified atom stereocenters. The third-order valence-electron chi connectivity index (χ3n) is 6.01. The van der Waals surface area contributed by atoms with Crippen LogP contribution in [0.2, 0.25) is 0 Å². The molecule has 1 aliphatic rings. The molecule has 0 aromatic heterocycles. The predicted molar refractivity (Wildman–Crippen MR) is 124 cm³/mol. The number of nitriles is 1. The number of amides is 1. The van der Waals surface area contributed by atoms with Crippen molar-refractivity contribution >= 4 is 15.9 Å². The van der Waals surface area contributed by atoms with Crippen LogP contribution in [0, 0.1) is 17.2 Å². The highest BCUT2D eigenvalue weighted by Crippen LogP contribution is 2.36. The van der Waals surface area contributed by atoms with Crippen molar-refractivity contribution in [1.82, 2.24) is 9.21 Å². The van der Waals surface area contributed by atoms with Gasteiger partial charge in [-0.15, -0.1) is 0 Å². The van der Waals surface area contributed by atoms with Gasteiger partial charge in [0.15, 0.2) is 0 Å². The lowest BCUT2D eigenvalue weighted by Gasteiger charge is -2.37. The van der Waals surface area contributed by atoms with Gasteiger partial charge in [0.05, 0.1) is 24.8 Å². The topological polar surface area (TPSA) is 111 Å². The first-order chi connectivity index (χ1) is 15.6. The zero-order valence-electron chi connectivity index (χ0n) is 19.2. The van der Waals surface area contributed by atoms with Gasteiger partial charge in [-0.2, -0.15) is 9.57 Å². The van der Waals surface area contributed by atoms with Crippen molar-refractivity contribution in [2.75, 3.05) is 26.7 Å². The van der Waals surface area contributed by atoms with Gasteiger partial charge in [-0.1, -0.05) is 25.1 Å². The minimum atomic E-state index is -3.94. The number of aliphatic hydroxyl groups is 1. The van der Waals surface area contributed by atoms with Gasteiger partial charge < -0.3 is 14.7 Å². The molecule has 1 N–H and O–H groups in total. The van der Waals surface area contributed by atoms with Crippen LogP contribution in [0.3, 0.4) is 0 Å². The van der Waals surface area contributed by atoms with E-state index in [4.69, 9.17) is 10.00 Å². The number of hydrogen-bond donors (Lipinski definition) is 1. The standard InChI is InChI=1S/C24H29N3O5S/c1-16-13-27(17(2)15-28)33(30,31)24-10-9-21(20-7-5-19(12-25)6-8-20)11-22(24)32-23(16)14-26(4)18(3)29/h5-11,16-17,23,28H,13-15H2,1-4H3/t16-,17-,23+/m0/s1. The zero-order chi connectivity index (χ0) is 24.3. The van der Waals surface area contributed by atoms with Gasteiger partial charge in [0.2, 0.25) is 15.9 Å². The molecule has 0 radical (unpaired) electrons. The molecule has 0 spiro atoms. The number of benzene rings is 2. The van der Waals surface area contributed by atoms with Crippen molar-refractivity contribution in [2.24, 2.45) is 5.92 Å². The summed E-state index contributed by atoms with van der Waals surface area (Å²) < 4.78 is 34.6. The maximum atomic E-state index is 13.5. The third-order valence-corrected chi connectivity index (χ3v) is 8.03. The molecular weight excluding hydrogens is 442 g/mol. The fraction of sp³-hybridized carbons (Fsp3) is 0.417. The number of aliphatic hydroxyl groups excluding tert-OH is 1. The fourth-order valence-corrected chi connectivity index (χ4v) is 5.58. The van der Waals surface area contributed by atoms with Crippen molar-refractivity contribution in [3.63, 3.8) is 0 Å². The van der Waals surface area contributed by atoms with Gasteiger partial charge in [-0.05, 0) is 42.3 Å². The second-order valence-electron chi connectivity index (χ2n) is 8.49. The van der Waals surface area contributed by atoms with Crippen LogP contribution in [0.5, 0.6) is 5.75 Å². The molecule has 33 heavy (non-hydrogen) atoms. The van der Waals surface area contributed by atoms with Gasteiger partial charge in [-0.3, -0.25) is 4.79 Å². The minimum Gasteiger partial charge on any atom is -0.487 e. The molecule has 1 heterocycles. The van der Waals surface area contributed by atoms with E-state index in [9.17, 15) is 18.3 Å². The number of fused-ring (bicyclic) bond motifs is 1. The lowest BCUT2D eigenvalue weighted by molar-refractivity contribution is -0.129. The predicted octanol–water partition coefficient (Wildman–Crippen LogP) is 2.47. The lowest BCUT2D eigenvalue weighted by Crippen LogP contribution is -2.50. The van der Waals surface area contributed by atoms with E-state index in [0.29, 0.717) is 12.1 Å². The largest absolute Gasteiger partial charge is 0.487 e. The monoisotopic (exact) mass is 471 g/mol. The van der Waals surface area contributed by atoms with Crippen molar-refractivity contribution in [1.29, 1.82) is 5.26 Å². The second-order valence-corrected chi connectivity index (χ2v) is 10.3. The summed E-state index contributed by atoms with van der Waals surface area (Å²) in [5, 5.41) is 18.8. The Morgan fingerprint density at radius 2 is 1.91 bits per heavy atom. The van der Waals surface area contributed by atoms with E-state index in [1.165, 1.54) is 17.3 Å². The van der Waals surface area contributed by atoms with E-state index in [1.54, 1.807) is 55.3 Å². The molecule has 0 bridgehead atoms. The van der Waals surface area contributed by atoms with Crippen LogP contribution >= 0.6 is 0 Å². The van der Waals surface area contributed by atoms with Crippen molar-refractivity contribution < 1.29 is 23.1 Å². The normalized spacial score (nSPS) is 21.0. The molecule has 1 amide bonds. The van der Waals surface area contributed by atoms with Crippen LogP contribution in [0.4, 0.5) is 0 Å². The molecule has 1 aliphatic heterocycles. The number of carbonyl (C=O) groups excluding carboxylic acids is 1. The van der Waals surface area contributed by atoms with Crippen LogP contribution < -0.4 is 4.74 Å². The van der Waals surface area contributed by atoms with Crippen LogP contribution in [-0.2, 0) is 14.8 Å². The first-order valence-corrected chi connectivity index (χ1v) is 12.2. The number of sulfonamides is 1. The first-order valence-electron chi connectivity index (χ1n) is 10.7. The number of ether oxygens (including phenoxy) is 1. The van der Waals surface area contributed by atoms with Crippen molar-refractivity contribution in [3.8, 4) is 22.9 Å². The summed E-state index contributed by atoms with van der Waals surface area (Å²) in [5.41, 5.74) is 2.08. The first kappa shape index (κ1) is 24.7. The molecule has 0 saturated heterocycles. The number of rotatable bonds is 5. The minimum absolute atomic E-state index is 0.0163. The molecule has 8 nitrogen and oxygen atoms in total. The van der Waals surface area contributed by atoms with Gasteiger partial charge in [0.25, 0.3) is 0 Å². The average Bonchev–Trinajstić information content (AvgIpc) is 2.80. The third kappa shape index (κ3) is 5.19. The van der Waals surface area contributed by atoms with E-state index >= 15 is 0 Å². The Kier molecular flexibility index (Phi) is 7.42. The molecule has 0 fully saturated rings. The molecule has 0 aliphatic carbocycles. The van der Waals surface area contributed by atoms with E-state index < -0.39 is 22.2 Å². The smallest absolute Gasteiger partial charge is 0.247 e. The van der Waals surface area contributed by atoms with Gasteiger partial charge in [0, 0.05) is 32.5 Å². The van der Waals surface area contributed by atoms with E-state index in [0.717, 1.165) is 11.1 Å². The maximum Gasteiger partial charge on any atom is 0.247 e. The maximum absolute atomic E-state index is 13.5. The molecule has 2 aromatic rings. The van der Waals surface area contributed by atoms with Gasteiger partial charge in [0.1, 0.15) is 16.7 Å². The highest BCUT2D eigenvalue weighted by atomic mass is 32.2. The molecule has 176 valence electrons. The molecule has 3 rings (SSSR count). The summed E-state index contributed by atoms with van der Waals surface area (Å²) >= 11 is 0. The Bertz CT molecular complexity index is 1160. The summed E-state index contributed by atoms with van der Waals surface area (Å²) in [6.45, 7) is 5.13. The molecule has 2 aromatic carbocycles. The summed E-state index contributed by atoms with van der Waals surface area (Å²) in [5.74, 6) is -0.171. The number of nitrogens with zero attached hydrogens (tertiary/aromatic N) is 3. The molecule has 0 saturated carbocycles. The number of hydrogen-bond acceptors (Lipinski definition) is 6. The number of likely N-dealkylation sites (N-methyl/N-ethyl adjacent to an activating group) is 1. The summed E-state index contributed by atoms with van der Waals surface area (Å²) in [7, 11) is -2.26. The zero-order valence-corrected chi connectivity index (χ0v) is 20.0. The molecule has 3 atom stereocenters. The van der Waals surface area contributed by atoms with E-state index in [2.05, 4.69) is 6.07 Å². The Morgan fingerprint density at radius 3 is 2.48 bits per heavy atom. The van der Waals surface area contributed by atoms with E-state index in [-0.39, 0.29) is 35.6 Å². The van der Waals surface area contributed by atoms with Crippen LogP contribution in [-0.4, -0.2) is 67.5 Å². The SMILES string of the molecule is CC(=O)N(C)C[C@H]1Oc2cc(-c3ccc(C#N)cc3)ccc2S(=O)(=O)N([C@@H](C)CO)C[C@@H]1C. The highest BCUT2D eigenvalue weighted by Gasteiger charge is 2.38. The van der Waals surface area contributed by atoms with Crippen molar-refractivity contribution in [2.45, 2.75) is 37.8 Å². The van der Waals surface area contributed by atoms with Gasteiger partial charge in [-0.25, -0.2) is 8.42 Å². The Balaban J connectivity index is 2.13. The van der Waals surface area contributed by atoms with Gasteiger partial charge >= 0.3 is 0 Å². The Morgan fingerprint density at radius 1 is 1.27 bits per heavy atom. The van der Waals surface area contributed by atoms with Crippen LogP contribution in [0.1, 0.15) is 26.3 Å².